The molecule has 5 nitrogen and oxygen atoms in total. The fourth-order valence-corrected chi connectivity index (χ4v) is 3.17. The molecular formula is C20H19N3O2. The molecule has 0 spiro atoms. The molecule has 0 unspecified atom stereocenters. The topological polar surface area (TPSA) is 60.1 Å². The summed E-state index contributed by atoms with van der Waals surface area (Å²) in [6, 6.07) is 13.8. The number of nitrogens with zero attached hydrogens (tertiary/aromatic N) is 3. The van der Waals surface area contributed by atoms with Crippen LogP contribution in [0.15, 0.2) is 36.4 Å². The van der Waals surface area contributed by atoms with Crippen LogP contribution in [-0.2, 0) is 12.0 Å². The quantitative estimate of drug-likeness (QED) is 0.711. The number of ether oxygens (including phenoxy) is 2. The molecule has 2 heterocycles. The van der Waals surface area contributed by atoms with Gasteiger partial charge in [-0.2, -0.15) is 5.26 Å². The molecule has 2 aromatic carbocycles. The first-order valence-corrected chi connectivity index (χ1v) is 8.25. The highest BCUT2D eigenvalue weighted by molar-refractivity contribution is 5.81. The summed E-state index contributed by atoms with van der Waals surface area (Å²) >= 11 is 0. The van der Waals surface area contributed by atoms with E-state index in [1.165, 1.54) is 0 Å². The van der Waals surface area contributed by atoms with E-state index in [0.29, 0.717) is 12.1 Å². The Balaban J connectivity index is 1.89. The Morgan fingerprint density at radius 1 is 1.16 bits per heavy atom. The first kappa shape index (κ1) is 15.5. The Bertz CT molecular complexity index is 1010. The van der Waals surface area contributed by atoms with Gasteiger partial charge in [0.15, 0.2) is 11.5 Å². The zero-order chi connectivity index (χ0) is 17.6. The van der Waals surface area contributed by atoms with Crippen LogP contribution < -0.4 is 9.47 Å². The average molecular weight is 333 g/mol. The fraction of sp³-hybridized carbons (Fsp3) is 0.300. The third-order valence-electron chi connectivity index (χ3n) is 4.31. The minimum absolute atomic E-state index is 0.113. The molecule has 0 saturated heterocycles. The molecule has 3 aromatic rings. The van der Waals surface area contributed by atoms with Crippen LogP contribution in [0.2, 0.25) is 0 Å². The van der Waals surface area contributed by atoms with Crippen LogP contribution in [0.4, 0.5) is 0 Å². The second kappa shape index (κ2) is 5.52. The summed E-state index contributed by atoms with van der Waals surface area (Å²) in [5.74, 6) is 2.48. The molecule has 0 aliphatic carbocycles. The number of rotatable bonds is 2. The van der Waals surface area contributed by atoms with E-state index in [1.54, 1.807) is 0 Å². The monoisotopic (exact) mass is 333 g/mol. The predicted molar refractivity (Wildman–Crippen MR) is 94.8 cm³/mol. The largest absolute Gasteiger partial charge is 0.454 e. The lowest BCUT2D eigenvalue weighted by molar-refractivity contribution is 0.174. The van der Waals surface area contributed by atoms with Crippen LogP contribution in [0.5, 0.6) is 11.5 Å². The van der Waals surface area contributed by atoms with E-state index in [9.17, 15) is 0 Å². The van der Waals surface area contributed by atoms with Gasteiger partial charge in [0.25, 0.3) is 0 Å². The number of hydrogen-bond acceptors (Lipinski definition) is 4. The Kier molecular flexibility index (Phi) is 3.43. The second-order valence-corrected chi connectivity index (χ2v) is 7.28. The summed E-state index contributed by atoms with van der Waals surface area (Å²) in [5.41, 5.74) is 3.53. The van der Waals surface area contributed by atoms with Gasteiger partial charge in [0.05, 0.1) is 22.7 Å². The van der Waals surface area contributed by atoms with Crippen molar-refractivity contribution in [3.05, 3.63) is 53.3 Å². The number of nitriles is 1. The van der Waals surface area contributed by atoms with E-state index in [0.717, 1.165) is 33.9 Å². The fourth-order valence-electron chi connectivity index (χ4n) is 3.17. The number of hydrogen-bond donors (Lipinski definition) is 0. The first-order chi connectivity index (χ1) is 12.0. The molecule has 4 rings (SSSR count). The van der Waals surface area contributed by atoms with Gasteiger partial charge in [-0.3, -0.25) is 0 Å². The van der Waals surface area contributed by atoms with Crippen molar-refractivity contribution >= 4 is 11.0 Å². The molecule has 25 heavy (non-hydrogen) atoms. The molecule has 0 amide bonds. The first-order valence-electron chi connectivity index (χ1n) is 8.25. The van der Waals surface area contributed by atoms with Crippen LogP contribution in [0.1, 0.15) is 37.7 Å². The van der Waals surface area contributed by atoms with Crippen LogP contribution >= 0.6 is 0 Å². The number of imidazole rings is 1. The maximum absolute atomic E-state index is 9.15. The molecule has 126 valence electrons. The van der Waals surface area contributed by atoms with E-state index >= 15 is 0 Å². The summed E-state index contributed by atoms with van der Waals surface area (Å²) in [6.45, 7) is 7.35. The normalized spacial score (nSPS) is 13.2. The Morgan fingerprint density at radius 3 is 2.64 bits per heavy atom. The minimum atomic E-state index is -0.113. The molecule has 0 radical (unpaired) electrons. The smallest absolute Gasteiger partial charge is 0.231 e. The zero-order valence-electron chi connectivity index (χ0n) is 14.5. The molecule has 1 aliphatic rings. The average Bonchev–Trinajstić information content (AvgIpc) is 3.17. The molecule has 1 aliphatic heterocycles. The molecule has 5 heteroatoms. The van der Waals surface area contributed by atoms with Crippen molar-refractivity contribution in [2.24, 2.45) is 0 Å². The summed E-state index contributed by atoms with van der Waals surface area (Å²) in [7, 11) is 0. The standard InChI is InChI=1S/C20H19N3O2/c1-20(2,3)19-22-15-8-17-18(25-12-24-17)9-16(15)23(19)11-14-6-4-5-13(7-14)10-21/h4-9H,11-12H2,1-3H3. The molecule has 0 fully saturated rings. The van der Waals surface area contributed by atoms with E-state index in [-0.39, 0.29) is 12.2 Å². The Morgan fingerprint density at radius 2 is 1.92 bits per heavy atom. The summed E-state index contributed by atoms with van der Waals surface area (Å²) in [5, 5.41) is 9.15. The van der Waals surface area contributed by atoms with Crippen molar-refractivity contribution in [1.82, 2.24) is 9.55 Å². The van der Waals surface area contributed by atoms with Gasteiger partial charge < -0.3 is 14.0 Å². The third-order valence-corrected chi connectivity index (χ3v) is 4.31. The lowest BCUT2D eigenvalue weighted by Gasteiger charge is -2.20. The van der Waals surface area contributed by atoms with E-state index in [4.69, 9.17) is 19.7 Å². The molecule has 1 aromatic heterocycles. The summed E-state index contributed by atoms with van der Waals surface area (Å²) < 4.78 is 13.2. The van der Waals surface area contributed by atoms with E-state index < -0.39 is 0 Å². The van der Waals surface area contributed by atoms with Gasteiger partial charge in [0, 0.05) is 24.1 Å². The van der Waals surface area contributed by atoms with Gasteiger partial charge in [-0.15, -0.1) is 0 Å². The molecule has 0 atom stereocenters. The lowest BCUT2D eigenvalue weighted by Crippen LogP contribution is -2.19. The van der Waals surface area contributed by atoms with Gasteiger partial charge in [0.2, 0.25) is 6.79 Å². The van der Waals surface area contributed by atoms with Crippen LogP contribution in [-0.4, -0.2) is 16.3 Å². The predicted octanol–water partition coefficient (Wildman–Crippen LogP) is 3.98. The van der Waals surface area contributed by atoms with Crippen molar-refractivity contribution in [2.75, 3.05) is 6.79 Å². The summed E-state index contributed by atoms with van der Waals surface area (Å²) in [6.07, 6.45) is 0. The molecular weight excluding hydrogens is 314 g/mol. The van der Waals surface area contributed by atoms with Gasteiger partial charge in [-0.05, 0) is 17.7 Å². The zero-order valence-corrected chi connectivity index (χ0v) is 14.5. The highest BCUT2D eigenvalue weighted by atomic mass is 16.7. The molecule has 0 N–H and O–H groups in total. The second-order valence-electron chi connectivity index (χ2n) is 7.28. The number of benzene rings is 2. The Labute approximate surface area is 146 Å². The van der Waals surface area contributed by atoms with Gasteiger partial charge in [-0.25, -0.2) is 4.98 Å². The van der Waals surface area contributed by atoms with Crippen molar-refractivity contribution in [3.63, 3.8) is 0 Å². The van der Waals surface area contributed by atoms with E-state index in [2.05, 4.69) is 31.4 Å². The van der Waals surface area contributed by atoms with Crippen molar-refractivity contribution in [3.8, 4) is 17.6 Å². The number of aromatic nitrogens is 2. The maximum Gasteiger partial charge on any atom is 0.231 e. The van der Waals surface area contributed by atoms with Crippen molar-refractivity contribution < 1.29 is 9.47 Å². The summed E-state index contributed by atoms with van der Waals surface area (Å²) in [4.78, 5) is 4.86. The van der Waals surface area contributed by atoms with Crippen LogP contribution in [0, 0.1) is 11.3 Å². The van der Waals surface area contributed by atoms with Crippen molar-refractivity contribution in [1.29, 1.82) is 5.26 Å². The van der Waals surface area contributed by atoms with Crippen molar-refractivity contribution in [2.45, 2.75) is 32.7 Å². The molecule has 0 saturated carbocycles. The number of fused-ring (bicyclic) bond motifs is 2. The van der Waals surface area contributed by atoms with Gasteiger partial charge >= 0.3 is 0 Å². The maximum atomic E-state index is 9.15. The van der Waals surface area contributed by atoms with Crippen LogP contribution in [0.25, 0.3) is 11.0 Å². The highest BCUT2D eigenvalue weighted by Gasteiger charge is 2.25. The van der Waals surface area contributed by atoms with Gasteiger partial charge in [0.1, 0.15) is 5.82 Å². The van der Waals surface area contributed by atoms with Crippen LogP contribution in [0.3, 0.4) is 0 Å². The molecule has 0 bridgehead atoms. The highest BCUT2D eigenvalue weighted by Crippen LogP contribution is 2.38. The minimum Gasteiger partial charge on any atom is -0.454 e. The van der Waals surface area contributed by atoms with E-state index in [1.807, 2.05) is 36.4 Å². The third kappa shape index (κ3) is 2.70. The van der Waals surface area contributed by atoms with Gasteiger partial charge in [-0.1, -0.05) is 32.9 Å². The lowest BCUT2D eigenvalue weighted by atomic mass is 9.95. The SMILES string of the molecule is CC(C)(C)c1nc2cc3c(cc2n1Cc1cccc(C#N)c1)OCO3. The Hall–Kier alpha value is -3.00.